The standard InChI is InChI=1S/C41H46N2O9/c1-50-18-4-5-32(29-16-17-42-39(24-29)43-30-11-9-28-23-31(44)12-10-27(28)22-30)40(34(46)14-7-25-6-13-33(45)37(20-25)51-2)35(47)15-8-26-19-36(48)41(49)38(21-26)52-3/h6,9-13,16-17,19-24,32,34,40,44-46,48-49H,4-5,7-8,14-15,18H2,1-3H3,(H,42,43). The molecule has 5 rings (SSSR count). The zero-order valence-corrected chi connectivity index (χ0v) is 29.6. The summed E-state index contributed by atoms with van der Waals surface area (Å²) in [4.78, 5) is 18.9. The highest BCUT2D eigenvalue weighted by Gasteiger charge is 2.35. The largest absolute Gasteiger partial charge is 0.508 e. The van der Waals surface area contributed by atoms with Gasteiger partial charge in [0.05, 0.1) is 26.2 Å². The molecule has 3 unspecified atom stereocenters. The number of aliphatic hydroxyl groups is 1. The first-order chi connectivity index (χ1) is 25.1. The fourth-order valence-electron chi connectivity index (χ4n) is 6.67. The van der Waals surface area contributed by atoms with Gasteiger partial charge in [0.2, 0.25) is 5.75 Å². The van der Waals surface area contributed by atoms with Gasteiger partial charge in [-0.3, -0.25) is 4.79 Å². The number of phenols is 4. The minimum absolute atomic E-state index is 0.0139. The van der Waals surface area contributed by atoms with Crippen molar-refractivity contribution in [3.8, 4) is 34.5 Å². The summed E-state index contributed by atoms with van der Waals surface area (Å²) in [7, 11) is 4.48. The van der Waals surface area contributed by atoms with E-state index in [1.807, 2.05) is 36.4 Å². The molecule has 3 atom stereocenters. The molecule has 274 valence electrons. The third-order valence-corrected chi connectivity index (χ3v) is 9.36. The van der Waals surface area contributed by atoms with Gasteiger partial charge in [-0.2, -0.15) is 0 Å². The SMILES string of the molecule is COCCCC(c1ccnc(Nc2ccc3cc(O)ccc3c2)c1)C(C(=O)CCc1cc(O)c(O)c(OC)c1)C(O)CCc1ccc(O)c(OC)c1. The number of hydrogen-bond donors (Lipinski definition) is 6. The number of nitrogens with zero attached hydrogens (tertiary/aromatic N) is 1. The normalized spacial score (nSPS) is 13.0. The van der Waals surface area contributed by atoms with Gasteiger partial charge in [0, 0.05) is 32.0 Å². The third-order valence-electron chi connectivity index (χ3n) is 9.36. The fraction of sp³-hybridized carbons (Fsp3) is 0.317. The number of aromatic hydroxyl groups is 4. The van der Waals surface area contributed by atoms with Crippen molar-refractivity contribution in [3.63, 3.8) is 0 Å². The molecule has 0 fully saturated rings. The number of carbonyl (C=O) groups excluding carboxylic acids is 1. The van der Waals surface area contributed by atoms with Gasteiger partial charge in [-0.1, -0.05) is 18.2 Å². The van der Waals surface area contributed by atoms with Gasteiger partial charge in [0.1, 0.15) is 17.4 Å². The third kappa shape index (κ3) is 9.42. The van der Waals surface area contributed by atoms with Crippen LogP contribution in [0.1, 0.15) is 48.3 Å². The predicted molar refractivity (Wildman–Crippen MR) is 199 cm³/mol. The Kier molecular flexibility index (Phi) is 12.8. The molecule has 0 aliphatic carbocycles. The predicted octanol–water partition coefficient (Wildman–Crippen LogP) is 7.14. The summed E-state index contributed by atoms with van der Waals surface area (Å²) >= 11 is 0. The number of carbonyl (C=O) groups is 1. The van der Waals surface area contributed by atoms with Gasteiger partial charge in [-0.25, -0.2) is 4.98 Å². The number of rotatable bonds is 18. The summed E-state index contributed by atoms with van der Waals surface area (Å²) in [6.45, 7) is 0.468. The minimum atomic E-state index is -1.04. The van der Waals surface area contributed by atoms with Gasteiger partial charge >= 0.3 is 0 Å². The van der Waals surface area contributed by atoms with Crippen molar-refractivity contribution in [2.24, 2.45) is 5.92 Å². The first kappa shape index (κ1) is 37.7. The van der Waals surface area contributed by atoms with Crippen LogP contribution in [0.15, 0.2) is 85.1 Å². The first-order valence-electron chi connectivity index (χ1n) is 17.2. The molecule has 0 amide bonds. The molecule has 0 spiro atoms. The molecule has 0 aliphatic heterocycles. The number of nitrogens with one attached hydrogen (secondary N) is 1. The number of anilines is 2. The van der Waals surface area contributed by atoms with Crippen LogP contribution in [-0.2, 0) is 22.4 Å². The Labute approximate surface area is 303 Å². The number of pyridine rings is 1. The van der Waals surface area contributed by atoms with E-state index >= 15 is 0 Å². The van der Waals surface area contributed by atoms with Gasteiger partial charge in [-0.15, -0.1) is 0 Å². The van der Waals surface area contributed by atoms with E-state index in [1.54, 1.807) is 49.7 Å². The molecule has 0 aliphatic rings. The van der Waals surface area contributed by atoms with Crippen molar-refractivity contribution in [1.82, 2.24) is 4.98 Å². The number of ether oxygens (including phenoxy) is 3. The lowest BCUT2D eigenvalue weighted by Crippen LogP contribution is -2.35. The quantitative estimate of drug-likeness (QED) is 0.0404. The topological polar surface area (TPSA) is 171 Å². The van der Waals surface area contributed by atoms with Crippen molar-refractivity contribution in [2.45, 2.75) is 50.5 Å². The first-order valence-corrected chi connectivity index (χ1v) is 17.2. The van der Waals surface area contributed by atoms with Crippen molar-refractivity contribution in [3.05, 3.63) is 102 Å². The molecule has 1 aromatic heterocycles. The van der Waals surface area contributed by atoms with Crippen molar-refractivity contribution in [2.75, 3.05) is 33.3 Å². The summed E-state index contributed by atoms with van der Waals surface area (Å²) in [5, 5.41) is 57.4. The Morgan fingerprint density at radius 3 is 2.29 bits per heavy atom. The second-order valence-electron chi connectivity index (χ2n) is 12.9. The molecule has 4 aromatic carbocycles. The van der Waals surface area contributed by atoms with Gasteiger partial charge < -0.3 is 45.1 Å². The van der Waals surface area contributed by atoms with Crippen molar-refractivity contribution < 1.29 is 44.5 Å². The van der Waals surface area contributed by atoms with E-state index in [-0.39, 0.29) is 53.8 Å². The highest BCUT2D eigenvalue weighted by atomic mass is 16.5. The Hall–Kier alpha value is -5.52. The number of phenolic OH excluding ortho intramolecular Hbond substituents is 4. The van der Waals surface area contributed by atoms with Crippen LogP contribution >= 0.6 is 0 Å². The van der Waals surface area contributed by atoms with Crippen LogP contribution in [-0.4, -0.2) is 70.3 Å². The fourth-order valence-corrected chi connectivity index (χ4v) is 6.67. The molecule has 1 heterocycles. The summed E-state index contributed by atoms with van der Waals surface area (Å²) in [5.74, 6) is -0.901. The van der Waals surface area contributed by atoms with E-state index in [1.165, 1.54) is 20.3 Å². The van der Waals surface area contributed by atoms with Gasteiger partial charge in [-0.05, 0) is 126 Å². The molecule has 6 N–H and O–H groups in total. The molecular formula is C41H46N2O9. The number of hydrogen-bond acceptors (Lipinski definition) is 11. The number of benzene rings is 4. The molecule has 11 nitrogen and oxygen atoms in total. The second kappa shape index (κ2) is 17.6. The van der Waals surface area contributed by atoms with E-state index < -0.39 is 17.9 Å². The number of fused-ring (bicyclic) bond motifs is 1. The molecule has 11 heteroatoms. The lowest BCUT2D eigenvalue weighted by atomic mass is 9.75. The summed E-state index contributed by atoms with van der Waals surface area (Å²) in [6.07, 6.45) is 2.83. The zero-order valence-electron chi connectivity index (χ0n) is 29.6. The van der Waals surface area contributed by atoms with E-state index in [4.69, 9.17) is 14.2 Å². The van der Waals surface area contributed by atoms with E-state index in [0.717, 1.165) is 27.6 Å². The molecular weight excluding hydrogens is 664 g/mol. The summed E-state index contributed by atoms with van der Waals surface area (Å²) < 4.78 is 15.8. The number of methoxy groups -OCH3 is 3. The maximum Gasteiger partial charge on any atom is 0.200 e. The monoisotopic (exact) mass is 710 g/mol. The zero-order chi connectivity index (χ0) is 37.2. The van der Waals surface area contributed by atoms with Crippen molar-refractivity contribution in [1.29, 1.82) is 0 Å². The summed E-state index contributed by atoms with van der Waals surface area (Å²) in [5.41, 5.74) is 3.06. The van der Waals surface area contributed by atoms with Crippen LogP contribution in [0.3, 0.4) is 0 Å². The molecule has 0 saturated carbocycles. The van der Waals surface area contributed by atoms with E-state index in [0.29, 0.717) is 43.0 Å². The number of aromatic nitrogens is 1. The smallest absolute Gasteiger partial charge is 0.200 e. The van der Waals surface area contributed by atoms with Gasteiger partial charge in [0.25, 0.3) is 0 Å². The number of Topliss-reactive ketones (excluding diaryl/α,β-unsaturated/α-hetero) is 1. The van der Waals surface area contributed by atoms with Crippen LogP contribution in [0.5, 0.6) is 34.5 Å². The summed E-state index contributed by atoms with van der Waals surface area (Å²) in [6, 6.07) is 22.7. The van der Waals surface area contributed by atoms with Crippen LogP contribution < -0.4 is 14.8 Å². The molecule has 0 radical (unpaired) electrons. The molecule has 5 aromatic rings. The lowest BCUT2D eigenvalue weighted by Gasteiger charge is -2.31. The second-order valence-corrected chi connectivity index (χ2v) is 12.9. The molecule has 0 saturated heterocycles. The van der Waals surface area contributed by atoms with Crippen LogP contribution in [0.2, 0.25) is 0 Å². The van der Waals surface area contributed by atoms with Crippen LogP contribution in [0.4, 0.5) is 11.5 Å². The Morgan fingerprint density at radius 2 is 1.52 bits per heavy atom. The minimum Gasteiger partial charge on any atom is -0.508 e. The number of ketones is 1. The Morgan fingerprint density at radius 1 is 0.769 bits per heavy atom. The average molecular weight is 711 g/mol. The van der Waals surface area contributed by atoms with E-state index in [9.17, 15) is 30.3 Å². The van der Waals surface area contributed by atoms with Crippen LogP contribution in [0, 0.1) is 5.92 Å². The number of aliphatic hydroxyl groups excluding tert-OH is 1. The van der Waals surface area contributed by atoms with E-state index in [2.05, 4.69) is 10.3 Å². The highest BCUT2D eigenvalue weighted by molar-refractivity contribution is 5.87. The maximum atomic E-state index is 14.4. The Balaban J connectivity index is 1.46. The van der Waals surface area contributed by atoms with Crippen molar-refractivity contribution >= 4 is 28.1 Å². The lowest BCUT2D eigenvalue weighted by molar-refractivity contribution is -0.127. The Bertz CT molecular complexity index is 1980. The maximum absolute atomic E-state index is 14.4. The van der Waals surface area contributed by atoms with Gasteiger partial charge in [0.15, 0.2) is 23.0 Å². The average Bonchev–Trinajstić information content (AvgIpc) is 3.14. The molecule has 0 bridgehead atoms. The van der Waals surface area contributed by atoms with Crippen LogP contribution in [0.25, 0.3) is 10.8 Å². The number of aryl methyl sites for hydroxylation is 2. The highest BCUT2D eigenvalue weighted by Crippen LogP contribution is 2.39. The molecule has 52 heavy (non-hydrogen) atoms.